The van der Waals surface area contributed by atoms with E-state index in [4.69, 9.17) is 11.0 Å². The molecule has 1 atom stereocenters. The van der Waals surface area contributed by atoms with Gasteiger partial charge >= 0.3 is 35.2 Å². The Morgan fingerprint density at radius 3 is 2.68 bits per heavy atom. The number of rotatable bonds is 3. The van der Waals surface area contributed by atoms with Crippen molar-refractivity contribution < 1.29 is 45.3 Å². The molecule has 0 aliphatic rings. The zero-order valence-electron chi connectivity index (χ0n) is 10.7. The predicted octanol–water partition coefficient (Wildman–Crippen LogP) is -2.66. The second-order valence-electron chi connectivity index (χ2n) is 3.36. The summed E-state index contributed by atoms with van der Waals surface area (Å²) in [7, 11) is 0. The van der Waals surface area contributed by atoms with Crippen LogP contribution in [-0.2, 0) is 4.79 Å². The molecule has 1 aromatic heterocycles. The number of carbonyl (C=O) groups is 1. The van der Waals surface area contributed by atoms with E-state index >= 15 is 0 Å². The van der Waals surface area contributed by atoms with Gasteiger partial charge in [0, 0.05) is 11.6 Å². The molecule has 0 saturated carbocycles. The Bertz CT molecular complexity index is 697. The molecule has 0 aliphatic carbocycles. The molecule has 1 unspecified atom stereocenters. The minimum absolute atomic E-state index is 0. The van der Waals surface area contributed by atoms with E-state index in [0.717, 1.165) is 6.07 Å². The number of nitro groups is 1. The third-order valence-electron chi connectivity index (χ3n) is 2.35. The van der Waals surface area contributed by atoms with Crippen LogP contribution in [-0.4, -0.2) is 21.1 Å². The largest absolute Gasteiger partial charge is 1.00 e. The maximum atomic E-state index is 11.1. The van der Waals surface area contributed by atoms with Crippen LogP contribution >= 0.6 is 0 Å². The summed E-state index contributed by atoms with van der Waals surface area (Å²) in [5.74, 6) is -2.14. The Balaban J connectivity index is 0.00000180. The van der Waals surface area contributed by atoms with Gasteiger partial charge in [-0.1, -0.05) is 0 Å². The van der Waals surface area contributed by atoms with Crippen LogP contribution in [0.5, 0.6) is 0 Å². The van der Waals surface area contributed by atoms with Gasteiger partial charge in [-0.3, -0.25) is 14.9 Å². The van der Waals surface area contributed by atoms with Gasteiger partial charge in [0.2, 0.25) is 11.4 Å². The Morgan fingerprint density at radius 1 is 1.53 bits per heavy atom. The number of primary amides is 1. The molecule has 0 bridgehead atoms. The molecule has 9 nitrogen and oxygen atoms in total. The number of aromatic nitrogens is 2. The van der Waals surface area contributed by atoms with Crippen molar-refractivity contribution in [2.75, 3.05) is 0 Å². The number of non-ortho nitro benzene ring substituents is 1. The van der Waals surface area contributed by atoms with E-state index in [2.05, 4.69) is 14.9 Å². The summed E-state index contributed by atoms with van der Waals surface area (Å²) < 4.78 is 4.40. The molecular formula is C9H6N5NaO4. The maximum absolute atomic E-state index is 11.1. The van der Waals surface area contributed by atoms with Gasteiger partial charge in [0.15, 0.2) is 5.92 Å². The number of hydrogen-bond acceptors (Lipinski definition) is 7. The first kappa shape index (κ1) is 15.0. The SMILES string of the molecule is N#CC(C(N)=O)c1ccc([N+](=O)[O-])c2nonc12.[H-].[Na+]. The number of nitriles is 1. The third kappa shape index (κ3) is 2.55. The smallest absolute Gasteiger partial charge is 1.00 e. The molecule has 0 spiro atoms. The fourth-order valence-corrected chi connectivity index (χ4v) is 1.54. The molecular weight excluding hydrogens is 265 g/mol. The van der Waals surface area contributed by atoms with E-state index in [1.165, 1.54) is 6.07 Å². The van der Waals surface area contributed by atoms with Gasteiger partial charge in [0.05, 0.1) is 11.0 Å². The predicted molar refractivity (Wildman–Crippen MR) is 57.1 cm³/mol. The number of nitrogens with zero attached hydrogens (tertiary/aromatic N) is 4. The molecule has 1 aromatic carbocycles. The maximum Gasteiger partial charge on any atom is 1.00 e. The molecule has 19 heavy (non-hydrogen) atoms. The zero-order chi connectivity index (χ0) is 13.3. The number of nitro benzene ring substituents is 1. The Hall–Kier alpha value is -2.02. The Kier molecular flexibility index (Phi) is 4.55. The zero-order valence-corrected chi connectivity index (χ0v) is 11.7. The first-order valence-electron chi connectivity index (χ1n) is 4.64. The van der Waals surface area contributed by atoms with Crippen molar-refractivity contribution >= 4 is 22.6 Å². The fraction of sp³-hybridized carbons (Fsp3) is 0.111. The van der Waals surface area contributed by atoms with Crippen LogP contribution in [0.1, 0.15) is 12.9 Å². The van der Waals surface area contributed by atoms with E-state index in [0.29, 0.717) is 0 Å². The molecule has 0 fully saturated rings. The van der Waals surface area contributed by atoms with Crippen LogP contribution in [0.3, 0.4) is 0 Å². The van der Waals surface area contributed by atoms with Crippen molar-refractivity contribution in [1.82, 2.24) is 10.3 Å². The molecule has 1 amide bonds. The van der Waals surface area contributed by atoms with E-state index in [9.17, 15) is 14.9 Å². The summed E-state index contributed by atoms with van der Waals surface area (Å²) in [6, 6.07) is 4.05. The van der Waals surface area contributed by atoms with Crippen molar-refractivity contribution in [1.29, 1.82) is 5.26 Å². The molecule has 10 heteroatoms. The van der Waals surface area contributed by atoms with E-state index in [1.54, 1.807) is 6.07 Å². The number of amides is 1. The van der Waals surface area contributed by atoms with Crippen molar-refractivity contribution in [3.05, 3.63) is 27.8 Å². The molecule has 0 radical (unpaired) electrons. The van der Waals surface area contributed by atoms with Crippen LogP contribution < -0.4 is 35.3 Å². The number of carbonyl (C=O) groups excluding carboxylic acids is 1. The summed E-state index contributed by atoms with van der Waals surface area (Å²) in [5.41, 5.74) is 4.73. The standard InChI is InChI=1S/C9H5N5O4.Na.H/c10-3-5(9(11)15)4-1-2-6(14(16)17)8-7(4)12-18-13-8;;/h1-2,5H,(H2,11,15);;/q;+1;-1. The summed E-state index contributed by atoms with van der Waals surface area (Å²) >= 11 is 0. The van der Waals surface area contributed by atoms with E-state index in [1.807, 2.05) is 0 Å². The van der Waals surface area contributed by atoms with Crippen LogP contribution in [0, 0.1) is 21.4 Å². The molecule has 0 aliphatic heterocycles. The molecule has 0 saturated heterocycles. The molecule has 2 N–H and O–H groups in total. The van der Waals surface area contributed by atoms with Crippen molar-refractivity contribution in [3.63, 3.8) is 0 Å². The van der Waals surface area contributed by atoms with Gasteiger partial charge in [-0.25, -0.2) is 4.63 Å². The van der Waals surface area contributed by atoms with Crippen molar-refractivity contribution in [2.45, 2.75) is 5.92 Å². The van der Waals surface area contributed by atoms with Gasteiger partial charge in [-0.05, 0) is 16.4 Å². The van der Waals surface area contributed by atoms with Gasteiger partial charge in [-0.2, -0.15) is 5.26 Å². The minimum atomic E-state index is -1.26. The summed E-state index contributed by atoms with van der Waals surface area (Å²) in [4.78, 5) is 21.2. The third-order valence-corrected chi connectivity index (χ3v) is 2.35. The average Bonchev–Trinajstić information content (AvgIpc) is 2.78. The van der Waals surface area contributed by atoms with Crippen LogP contribution in [0.15, 0.2) is 16.8 Å². The van der Waals surface area contributed by atoms with Gasteiger partial charge in [-0.15, -0.1) is 0 Å². The molecule has 2 rings (SSSR count). The van der Waals surface area contributed by atoms with Gasteiger partial charge in [0.1, 0.15) is 5.52 Å². The fourth-order valence-electron chi connectivity index (χ4n) is 1.54. The topological polar surface area (TPSA) is 149 Å². The van der Waals surface area contributed by atoms with Crippen molar-refractivity contribution in [3.8, 4) is 6.07 Å². The molecule has 2 aromatic rings. The minimum Gasteiger partial charge on any atom is -1.00 e. The number of nitrogens with two attached hydrogens (primary N) is 1. The summed E-state index contributed by atoms with van der Waals surface area (Å²) in [6.07, 6.45) is 0. The second kappa shape index (κ2) is 5.75. The van der Waals surface area contributed by atoms with E-state index < -0.39 is 16.7 Å². The Labute approximate surface area is 129 Å². The van der Waals surface area contributed by atoms with Gasteiger partial charge in [0.25, 0.3) is 0 Å². The first-order valence-corrected chi connectivity index (χ1v) is 4.64. The molecule has 92 valence electrons. The molecule has 1 heterocycles. The second-order valence-corrected chi connectivity index (χ2v) is 3.36. The number of benzene rings is 1. The van der Waals surface area contributed by atoms with E-state index in [-0.39, 0.29) is 53.3 Å². The summed E-state index contributed by atoms with van der Waals surface area (Å²) in [6.45, 7) is 0. The number of hydrogen-bond donors (Lipinski definition) is 1. The van der Waals surface area contributed by atoms with Gasteiger partial charge < -0.3 is 7.16 Å². The number of fused-ring (bicyclic) bond motifs is 1. The normalized spacial score (nSPS) is 11.3. The Morgan fingerprint density at radius 2 is 2.16 bits per heavy atom. The van der Waals surface area contributed by atoms with Crippen LogP contribution in [0.4, 0.5) is 5.69 Å². The van der Waals surface area contributed by atoms with Crippen LogP contribution in [0.2, 0.25) is 0 Å². The first-order chi connectivity index (χ1) is 8.56. The summed E-state index contributed by atoms with van der Waals surface area (Å²) in [5, 5.41) is 26.4. The quantitative estimate of drug-likeness (QED) is 0.363. The van der Waals surface area contributed by atoms with Crippen molar-refractivity contribution in [2.24, 2.45) is 5.73 Å². The monoisotopic (exact) mass is 271 g/mol. The average molecular weight is 271 g/mol. The van der Waals surface area contributed by atoms with Crippen LogP contribution in [0.25, 0.3) is 11.0 Å².